The molecule has 17 heavy (non-hydrogen) atoms. The molecule has 1 saturated heterocycles. The second-order valence-electron chi connectivity index (χ2n) is 4.59. The highest BCUT2D eigenvalue weighted by atomic mass is 19.1. The molecular formula is C13H19FN2O. The van der Waals surface area contributed by atoms with Crippen LogP contribution >= 0.6 is 0 Å². The molecule has 0 unspecified atom stereocenters. The fourth-order valence-electron chi connectivity index (χ4n) is 2.19. The van der Waals surface area contributed by atoms with Gasteiger partial charge in [-0.1, -0.05) is 6.07 Å². The number of likely N-dealkylation sites (N-methyl/N-ethyl adjacent to an activating group) is 1. The molecule has 4 heteroatoms. The van der Waals surface area contributed by atoms with Gasteiger partial charge in [0.1, 0.15) is 5.82 Å². The number of hydrogen-bond donors (Lipinski definition) is 1. The van der Waals surface area contributed by atoms with Crippen LogP contribution in [0.1, 0.15) is 12.0 Å². The second kappa shape index (κ2) is 5.47. The smallest absolute Gasteiger partial charge is 0.146 e. The number of benzene rings is 1. The Labute approximate surface area is 101 Å². The van der Waals surface area contributed by atoms with Gasteiger partial charge in [-0.3, -0.25) is 0 Å². The van der Waals surface area contributed by atoms with Crippen LogP contribution in [0.15, 0.2) is 18.2 Å². The van der Waals surface area contributed by atoms with Gasteiger partial charge in [-0.05, 0) is 37.7 Å². The minimum Gasteiger partial charge on any atom is -0.392 e. The molecule has 94 valence electrons. The molecule has 0 aliphatic carbocycles. The molecule has 1 aromatic rings. The van der Waals surface area contributed by atoms with E-state index in [2.05, 4.69) is 16.8 Å². The average Bonchev–Trinajstić information content (AvgIpc) is 2.54. The van der Waals surface area contributed by atoms with Crippen molar-refractivity contribution in [3.05, 3.63) is 29.6 Å². The first-order chi connectivity index (χ1) is 8.20. The summed E-state index contributed by atoms with van der Waals surface area (Å²) in [6, 6.07) is 4.98. The number of rotatable bonds is 2. The summed E-state index contributed by atoms with van der Waals surface area (Å²) in [5.41, 5.74) is 1.27. The van der Waals surface area contributed by atoms with Crippen LogP contribution < -0.4 is 4.90 Å². The first-order valence-corrected chi connectivity index (χ1v) is 6.03. The van der Waals surface area contributed by atoms with Crippen LogP contribution in [-0.4, -0.2) is 43.2 Å². The van der Waals surface area contributed by atoms with E-state index in [0.29, 0.717) is 11.3 Å². The number of aliphatic hydroxyl groups is 1. The van der Waals surface area contributed by atoms with Gasteiger partial charge in [0.05, 0.1) is 12.3 Å². The Morgan fingerprint density at radius 2 is 2.06 bits per heavy atom. The van der Waals surface area contributed by atoms with E-state index >= 15 is 0 Å². The summed E-state index contributed by atoms with van der Waals surface area (Å²) in [5, 5.41) is 8.96. The molecule has 3 nitrogen and oxygen atoms in total. The van der Waals surface area contributed by atoms with Gasteiger partial charge < -0.3 is 14.9 Å². The molecule has 1 aromatic carbocycles. The Bertz CT molecular complexity index is 384. The molecule has 1 N–H and O–H groups in total. The SMILES string of the molecule is CN1CCCN(c2ccc(CO)cc2F)CC1. The molecule has 0 bridgehead atoms. The largest absolute Gasteiger partial charge is 0.392 e. The Morgan fingerprint density at radius 1 is 1.24 bits per heavy atom. The van der Waals surface area contributed by atoms with E-state index in [1.165, 1.54) is 6.07 Å². The second-order valence-corrected chi connectivity index (χ2v) is 4.59. The zero-order valence-electron chi connectivity index (χ0n) is 10.2. The Morgan fingerprint density at radius 3 is 2.76 bits per heavy atom. The van der Waals surface area contributed by atoms with Crippen LogP contribution in [0.5, 0.6) is 0 Å². The highest BCUT2D eigenvalue weighted by Crippen LogP contribution is 2.21. The standard InChI is InChI=1S/C13H19FN2O/c1-15-5-2-6-16(8-7-15)13-4-3-11(10-17)9-12(13)14/h3-4,9,17H,2,5-8,10H2,1H3. The van der Waals surface area contributed by atoms with Crippen LogP contribution in [-0.2, 0) is 6.61 Å². The molecule has 0 aromatic heterocycles. The summed E-state index contributed by atoms with van der Waals surface area (Å²) in [7, 11) is 2.09. The fraction of sp³-hybridized carbons (Fsp3) is 0.538. The maximum atomic E-state index is 13.9. The number of hydrogen-bond acceptors (Lipinski definition) is 3. The topological polar surface area (TPSA) is 26.7 Å². The van der Waals surface area contributed by atoms with Gasteiger partial charge in [0.15, 0.2) is 0 Å². The average molecular weight is 238 g/mol. The number of halogens is 1. The van der Waals surface area contributed by atoms with E-state index < -0.39 is 0 Å². The Hall–Kier alpha value is -1.13. The van der Waals surface area contributed by atoms with Crippen molar-refractivity contribution >= 4 is 5.69 Å². The summed E-state index contributed by atoms with van der Waals surface area (Å²) >= 11 is 0. The van der Waals surface area contributed by atoms with E-state index in [0.717, 1.165) is 32.6 Å². The van der Waals surface area contributed by atoms with Crippen molar-refractivity contribution in [2.45, 2.75) is 13.0 Å². The van der Waals surface area contributed by atoms with E-state index in [1.807, 2.05) is 0 Å². The van der Waals surface area contributed by atoms with Crippen molar-refractivity contribution in [1.82, 2.24) is 4.90 Å². The molecule has 1 fully saturated rings. The lowest BCUT2D eigenvalue weighted by Gasteiger charge is -2.23. The number of aliphatic hydroxyl groups excluding tert-OH is 1. The number of nitrogens with zero attached hydrogens (tertiary/aromatic N) is 2. The minimum absolute atomic E-state index is 0.111. The molecule has 0 amide bonds. The van der Waals surface area contributed by atoms with Gasteiger partial charge in [0.2, 0.25) is 0 Å². The molecular weight excluding hydrogens is 219 g/mol. The number of anilines is 1. The highest BCUT2D eigenvalue weighted by molar-refractivity contribution is 5.49. The van der Waals surface area contributed by atoms with Crippen molar-refractivity contribution < 1.29 is 9.50 Å². The molecule has 2 rings (SSSR count). The van der Waals surface area contributed by atoms with Crippen LogP contribution in [0, 0.1) is 5.82 Å². The van der Waals surface area contributed by atoms with E-state index in [1.54, 1.807) is 12.1 Å². The summed E-state index contributed by atoms with van der Waals surface area (Å²) in [6.45, 7) is 3.65. The van der Waals surface area contributed by atoms with Crippen LogP contribution in [0.2, 0.25) is 0 Å². The van der Waals surface area contributed by atoms with Crippen LogP contribution in [0.4, 0.5) is 10.1 Å². The van der Waals surface area contributed by atoms with Gasteiger partial charge in [-0.15, -0.1) is 0 Å². The molecule has 1 aliphatic rings. The normalized spacial score (nSPS) is 18.2. The molecule has 0 spiro atoms. The summed E-state index contributed by atoms with van der Waals surface area (Å²) < 4.78 is 13.9. The molecule has 1 aliphatic heterocycles. The van der Waals surface area contributed by atoms with Crippen molar-refractivity contribution in [3.8, 4) is 0 Å². The monoisotopic (exact) mass is 238 g/mol. The van der Waals surface area contributed by atoms with E-state index in [4.69, 9.17) is 5.11 Å². The first-order valence-electron chi connectivity index (χ1n) is 6.03. The van der Waals surface area contributed by atoms with Gasteiger partial charge >= 0.3 is 0 Å². The van der Waals surface area contributed by atoms with Crippen molar-refractivity contribution in [3.63, 3.8) is 0 Å². The predicted octanol–water partition coefficient (Wildman–Crippen LogP) is 1.46. The van der Waals surface area contributed by atoms with E-state index in [9.17, 15) is 4.39 Å². The lowest BCUT2D eigenvalue weighted by atomic mass is 10.2. The molecule has 0 saturated carbocycles. The van der Waals surface area contributed by atoms with Gasteiger partial charge in [-0.25, -0.2) is 4.39 Å². The maximum absolute atomic E-state index is 13.9. The predicted molar refractivity (Wildman–Crippen MR) is 66.6 cm³/mol. The van der Waals surface area contributed by atoms with Crippen molar-refractivity contribution in [1.29, 1.82) is 0 Å². The third-order valence-electron chi connectivity index (χ3n) is 3.25. The van der Waals surface area contributed by atoms with Crippen molar-refractivity contribution in [2.24, 2.45) is 0 Å². The highest BCUT2D eigenvalue weighted by Gasteiger charge is 2.15. The maximum Gasteiger partial charge on any atom is 0.146 e. The van der Waals surface area contributed by atoms with Crippen molar-refractivity contribution in [2.75, 3.05) is 38.1 Å². The Balaban J connectivity index is 2.15. The molecule has 1 heterocycles. The Kier molecular flexibility index (Phi) is 3.97. The van der Waals surface area contributed by atoms with Gasteiger partial charge in [-0.2, -0.15) is 0 Å². The third-order valence-corrected chi connectivity index (χ3v) is 3.25. The summed E-state index contributed by atoms with van der Waals surface area (Å²) in [4.78, 5) is 4.35. The third kappa shape index (κ3) is 2.96. The zero-order chi connectivity index (χ0) is 12.3. The lowest BCUT2D eigenvalue weighted by Crippen LogP contribution is -2.29. The quantitative estimate of drug-likeness (QED) is 0.845. The fourth-order valence-corrected chi connectivity index (χ4v) is 2.19. The first kappa shape index (κ1) is 12.3. The summed E-state index contributed by atoms with van der Waals surface area (Å²) in [6.07, 6.45) is 1.05. The van der Waals surface area contributed by atoms with Crippen LogP contribution in [0.25, 0.3) is 0 Å². The lowest BCUT2D eigenvalue weighted by molar-refractivity contribution is 0.281. The van der Waals surface area contributed by atoms with Crippen LogP contribution in [0.3, 0.4) is 0 Å². The van der Waals surface area contributed by atoms with E-state index in [-0.39, 0.29) is 12.4 Å². The van der Waals surface area contributed by atoms with Gasteiger partial charge in [0, 0.05) is 19.6 Å². The molecule has 0 atom stereocenters. The summed E-state index contributed by atoms with van der Waals surface area (Å²) in [5.74, 6) is -0.235. The minimum atomic E-state index is -0.235. The zero-order valence-corrected chi connectivity index (χ0v) is 10.2. The van der Waals surface area contributed by atoms with Gasteiger partial charge in [0.25, 0.3) is 0 Å². The molecule has 0 radical (unpaired) electrons.